The van der Waals surface area contributed by atoms with E-state index in [4.69, 9.17) is 5.73 Å². The van der Waals surface area contributed by atoms with Gasteiger partial charge in [-0.1, -0.05) is 17.7 Å². The number of sulfonamides is 1. The van der Waals surface area contributed by atoms with Crippen LogP contribution in [0.4, 0.5) is 0 Å². The zero-order chi connectivity index (χ0) is 19.5. The van der Waals surface area contributed by atoms with Crippen LogP contribution in [0.15, 0.2) is 17.0 Å². The Bertz CT molecular complexity index is 734. The van der Waals surface area contributed by atoms with Crippen LogP contribution in [0.2, 0.25) is 0 Å². The number of hydrogen-bond acceptors (Lipinski definition) is 4. The molecule has 1 atom stereocenters. The van der Waals surface area contributed by atoms with Crippen molar-refractivity contribution in [3.63, 3.8) is 0 Å². The van der Waals surface area contributed by atoms with Crippen LogP contribution in [0.3, 0.4) is 0 Å². The van der Waals surface area contributed by atoms with Crippen molar-refractivity contribution in [2.24, 2.45) is 11.7 Å². The molecule has 0 spiro atoms. The number of nitrogens with two attached hydrogens (primary N) is 1. The smallest absolute Gasteiger partial charge is 0.243 e. The largest absolute Gasteiger partial charge is 0.356 e. The van der Waals surface area contributed by atoms with Gasteiger partial charge in [-0.3, -0.25) is 4.79 Å². The van der Waals surface area contributed by atoms with Gasteiger partial charge in [-0.25, -0.2) is 8.42 Å². The van der Waals surface area contributed by atoms with E-state index in [0.717, 1.165) is 23.1 Å². The second-order valence-electron chi connectivity index (χ2n) is 7.46. The number of halogens is 1. The second-order valence-corrected chi connectivity index (χ2v) is 9.34. The molecule has 8 heteroatoms. The number of carbonyl (C=O) groups excluding carboxylic acids is 1. The number of nitrogens with one attached hydrogen (secondary N) is 1. The number of nitrogens with zero attached hydrogens (tertiary/aromatic N) is 1. The molecule has 0 radical (unpaired) electrons. The van der Waals surface area contributed by atoms with E-state index in [1.807, 2.05) is 39.8 Å². The number of amides is 1. The third-order valence-corrected chi connectivity index (χ3v) is 7.13. The number of benzene rings is 1. The molecule has 0 bridgehead atoms. The normalized spacial score (nSPS) is 17.2. The lowest BCUT2D eigenvalue weighted by Gasteiger charge is -2.31. The van der Waals surface area contributed by atoms with E-state index >= 15 is 0 Å². The van der Waals surface area contributed by atoms with Crippen LogP contribution in [0.1, 0.15) is 42.9 Å². The molecule has 2 rings (SSSR count). The van der Waals surface area contributed by atoms with E-state index in [1.54, 1.807) is 0 Å². The van der Waals surface area contributed by atoms with Gasteiger partial charge in [0.2, 0.25) is 15.9 Å². The summed E-state index contributed by atoms with van der Waals surface area (Å²) in [6.07, 6.45) is 1.84. The summed E-state index contributed by atoms with van der Waals surface area (Å²) in [5.41, 5.74) is 8.30. The number of aryl methyl sites for hydroxylation is 3. The summed E-state index contributed by atoms with van der Waals surface area (Å²) >= 11 is 0. The van der Waals surface area contributed by atoms with Crippen molar-refractivity contribution in [3.8, 4) is 0 Å². The maximum absolute atomic E-state index is 13.1. The van der Waals surface area contributed by atoms with Crippen LogP contribution in [-0.4, -0.2) is 44.3 Å². The van der Waals surface area contributed by atoms with Crippen LogP contribution in [0.5, 0.6) is 0 Å². The molecule has 0 saturated carbocycles. The van der Waals surface area contributed by atoms with E-state index in [-0.39, 0.29) is 30.3 Å². The molecule has 1 heterocycles. The monoisotopic (exact) mass is 417 g/mol. The van der Waals surface area contributed by atoms with Crippen LogP contribution in [-0.2, 0) is 14.8 Å². The lowest BCUT2D eigenvalue weighted by molar-refractivity contribution is -0.126. The standard InChI is InChI=1S/C19H31N3O3S.ClH/c1-13-11-14(2)18(15(3)12-13)26(24,25)22-9-6-17(7-10-22)19(23)21-8-5-16(4)20;/h11-12,16-17H,5-10,20H2,1-4H3,(H,21,23);1H. The second kappa shape index (κ2) is 9.87. The minimum absolute atomic E-state index is 0. The van der Waals surface area contributed by atoms with E-state index in [9.17, 15) is 13.2 Å². The van der Waals surface area contributed by atoms with Crippen molar-refractivity contribution < 1.29 is 13.2 Å². The van der Waals surface area contributed by atoms with Gasteiger partial charge in [0.1, 0.15) is 0 Å². The minimum Gasteiger partial charge on any atom is -0.356 e. The molecule has 1 aromatic carbocycles. The van der Waals surface area contributed by atoms with Crippen LogP contribution in [0, 0.1) is 26.7 Å². The van der Waals surface area contributed by atoms with E-state index < -0.39 is 10.0 Å². The summed E-state index contributed by atoms with van der Waals surface area (Å²) in [5.74, 6) is -0.125. The molecule has 0 aliphatic carbocycles. The first-order valence-corrected chi connectivity index (χ1v) is 10.7. The molecule has 0 aromatic heterocycles. The Balaban J connectivity index is 0.00000364. The maximum atomic E-state index is 13.1. The topological polar surface area (TPSA) is 92.5 Å². The Hall–Kier alpha value is -1.15. The summed E-state index contributed by atoms with van der Waals surface area (Å²) in [5, 5.41) is 2.91. The fourth-order valence-corrected chi connectivity index (χ4v) is 5.51. The molecule has 3 N–H and O–H groups in total. The average Bonchev–Trinajstić information content (AvgIpc) is 2.53. The van der Waals surface area contributed by atoms with Gasteiger partial charge in [0, 0.05) is 31.6 Å². The molecular formula is C19H32ClN3O3S. The first-order chi connectivity index (χ1) is 12.1. The molecule has 1 aromatic rings. The lowest BCUT2D eigenvalue weighted by Crippen LogP contribution is -2.43. The van der Waals surface area contributed by atoms with Crippen molar-refractivity contribution in [1.82, 2.24) is 9.62 Å². The third-order valence-electron chi connectivity index (χ3n) is 4.93. The number of hydrogen-bond donors (Lipinski definition) is 2. The first-order valence-electron chi connectivity index (χ1n) is 9.24. The Kier molecular flexibility index (Phi) is 8.73. The number of rotatable bonds is 6. The van der Waals surface area contributed by atoms with Gasteiger partial charge in [-0.15, -0.1) is 12.4 Å². The molecule has 1 aliphatic heterocycles. The highest BCUT2D eigenvalue weighted by atomic mass is 35.5. The Morgan fingerprint density at radius 2 is 1.74 bits per heavy atom. The van der Waals surface area contributed by atoms with E-state index in [0.29, 0.717) is 37.4 Å². The van der Waals surface area contributed by atoms with Crippen molar-refractivity contribution >= 4 is 28.3 Å². The van der Waals surface area contributed by atoms with Crippen molar-refractivity contribution in [1.29, 1.82) is 0 Å². The van der Waals surface area contributed by atoms with Gasteiger partial charge in [-0.2, -0.15) is 4.31 Å². The third kappa shape index (κ3) is 5.91. The van der Waals surface area contributed by atoms with Gasteiger partial charge in [0.05, 0.1) is 4.90 Å². The average molecular weight is 418 g/mol. The zero-order valence-electron chi connectivity index (χ0n) is 16.6. The Morgan fingerprint density at radius 3 is 2.22 bits per heavy atom. The van der Waals surface area contributed by atoms with Crippen molar-refractivity contribution in [2.75, 3.05) is 19.6 Å². The quantitative estimate of drug-likeness (QED) is 0.742. The highest BCUT2D eigenvalue weighted by Gasteiger charge is 2.33. The van der Waals surface area contributed by atoms with Gasteiger partial charge in [0.15, 0.2) is 0 Å². The highest BCUT2D eigenvalue weighted by Crippen LogP contribution is 2.28. The summed E-state index contributed by atoms with van der Waals surface area (Å²) in [6.45, 7) is 8.87. The van der Waals surface area contributed by atoms with E-state index in [2.05, 4.69) is 5.32 Å². The van der Waals surface area contributed by atoms with Gasteiger partial charge >= 0.3 is 0 Å². The fraction of sp³-hybridized carbons (Fsp3) is 0.632. The summed E-state index contributed by atoms with van der Waals surface area (Å²) in [6, 6.07) is 3.86. The lowest BCUT2D eigenvalue weighted by atomic mass is 9.97. The van der Waals surface area contributed by atoms with Gasteiger partial charge in [0.25, 0.3) is 0 Å². The molecule has 1 aliphatic rings. The van der Waals surface area contributed by atoms with Crippen molar-refractivity contribution in [3.05, 3.63) is 28.8 Å². The maximum Gasteiger partial charge on any atom is 0.243 e. The summed E-state index contributed by atoms with van der Waals surface area (Å²) in [4.78, 5) is 12.6. The number of carbonyl (C=O) groups is 1. The molecule has 1 saturated heterocycles. The number of piperidine rings is 1. The fourth-order valence-electron chi connectivity index (χ4n) is 3.63. The molecule has 1 fully saturated rings. The van der Waals surface area contributed by atoms with Crippen molar-refractivity contribution in [2.45, 2.75) is 57.9 Å². The SMILES string of the molecule is Cc1cc(C)c(S(=O)(=O)N2CCC(C(=O)NCCC(C)N)CC2)c(C)c1.Cl. The molecule has 1 amide bonds. The molecular weight excluding hydrogens is 386 g/mol. The Labute approximate surface area is 169 Å². The molecule has 1 unspecified atom stereocenters. The summed E-state index contributed by atoms with van der Waals surface area (Å²) < 4.78 is 27.7. The van der Waals surface area contributed by atoms with Crippen LogP contribution < -0.4 is 11.1 Å². The summed E-state index contributed by atoms with van der Waals surface area (Å²) in [7, 11) is -3.53. The predicted octanol–water partition coefficient (Wildman–Crippen LogP) is 2.29. The molecule has 27 heavy (non-hydrogen) atoms. The Morgan fingerprint density at radius 1 is 1.22 bits per heavy atom. The van der Waals surface area contributed by atoms with Gasteiger partial charge < -0.3 is 11.1 Å². The molecule has 154 valence electrons. The van der Waals surface area contributed by atoms with E-state index in [1.165, 1.54) is 4.31 Å². The minimum atomic E-state index is -3.53. The highest BCUT2D eigenvalue weighted by molar-refractivity contribution is 7.89. The molecule has 6 nitrogen and oxygen atoms in total. The zero-order valence-corrected chi connectivity index (χ0v) is 18.3. The van der Waals surface area contributed by atoms with Crippen LogP contribution in [0.25, 0.3) is 0 Å². The predicted molar refractivity (Wildman–Crippen MR) is 111 cm³/mol. The van der Waals surface area contributed by atoms with Crippen LogP contribution >= 0.6 is 12.4 Å². The first kappa shape index (κ1) is 23.9. The van der Waals surface area contributed by atoms with Gasteiger partial charge in [-0.05, 0) is 58.1 Å².